The summed E-state index contributed by atoms with van der Waals surface area (Å²) in [5.74, 6) is 0.268. The van der Waals surface area contributed by atoms with Crippen molar-refractivity contribution in [2.45, 2.75) is 37.9 Å². The maximum Gasteiger partial charge on any atom is 0.389 e. The Labute approximate surface area is 63.8 Å². The molecular weight excluding hydrogens is 155 g/mol. The quantitative estimate of drug-likeness (QED) is 0.669. The third kappa shape index (κ3) is 2.36. The van der Waals surface area contributed by atoms with E-state index >= 15 is 0 Å². The van der Waals surface area contributed by atoms with Crippen LogP contribution in [0, 0.1) is 5.92 Å². The number of hydrogen-bond donors (Lipinski definition) is 1. The zero-order chi connectivity index (χ0) is 8.70. The van der Waals surface area contributed by atoms with Gasteiger partial charge in [-0.15, -0.1) is 0 Å². The molecule has 1 rings (SSSR count). The Hall–Kier alpha value is -0.250. The molecule has 1 nitrogen and oxygen atoms in total. The summed E-state index contributed by atoms with van der Waals surface area (Å²) < 4.78 is 35.1. The van der Waals surface area contributed by atoms with Crippen LogP contribution in [0.3, 0.4) is 0 Å². The molecule has 0 aromatic heterocycles. The molecule has 1 aliphatic carbocycles. The Balaban J connectivity index is 2.24. The fourth-order valence-electron chi connectivity index (χ4n) is 1.23. The standard InChI is InChI=1S/C7H12F3N/c1-5-4-6(5,11)2-3-7(8,9)10/h5H,2-4,11H2,1H3. The van der Waals surface area contributed by atoms with Crippen molar-refractivity contribution >= 4 is 0 Å². The molecule has 0 aromatic carbocycles. The third-order valence-electron chi connectivity index (χ3n) is 2.38. The van der Waals surface area contributed by atoms with Crippen LogP contribution >= 0.6 is 0 Å². The number of halogens is 3. The van der Waals surface area contributed by atoms with Crippen LogP contribution < -0.4 is 5.73 Å². The summed E-state index contributed by atoms with van der Waals surface area (Å²) in [5.41, 5.74) is 5.09. The van der Waals surface area contributed by atoms with Crippen molar-refractivity contribution in [3.8, 4) is 0 Å². The predicted octanol–water partition coefficient (Wildman–Crippen LogP) is 2.07. The van der Waals surface area contributed by atoms with Gasteiger partial charge in [0.15, 0.2) is 0 Å². The van der Waals surface area contributed by atoms with E-state index in [9.17, 15) is 13.2 Å². The van der Waals surface area contributed by atoms with Crippen molar-refractivity contribution in [2.75, 3.05) is 0 Å². The van der Waals surface area contributed by atoms with Crippen LogP contribution in [-0.4, -0.2) is 11.7 Å². The monoisotopic (exact) mass is 167 g/mol. The molecule has 66 valence electrons. The average Bonchev–Trinajstić information content (AvgIpc) is 2.36. The smallest absolute Gasteiger partial charge is 0.325 e. The van der Waals surface area contributed by atoms with E-state index in [-0.39, 0.29) is 12.3 Å². The van der Waals surface area contributed by atoms with Gasteiger partial charge in [0.1, 0.15) is 0 Å². The van der Waals surface area contributed by atoms with Crippen LogP contribution in [-0.2, 0) is 0 Å². The minimum atomic E-state index is -4.05. The summed E-state index contributed by atoms with van der Waals surface area (Å²) in [6.45, 7) is 1.89. The highest BCUT2D eigenvalue weighted by Gasteiger charge is 2.48. The van der Waals surface area contributed by atoms with Crippen molar-refractivity contribution < 1.29 is 13.2 Å². The highest BCUT2D eigenvalue weighted by molar-refractivity contribution is 5.05. The van der Waals surface area contributed by atoms with Gasteiger partial charge in [-0.2, -0.15) is 13.2 Å². The van der Waals surface area contributed by atoms with Crippen LogP contribution in [0.4, 0.5) is 13.2 Å². The Kier molecular flexibility index (Phi) is 1.90. The lowest BCUT2D eigenvalue weighted by Crippen LogP contribution is -2.26. The number of hydrogen-bond acceptors (Lipinski definition) is 1. The molecule has 2 unspecified atom stereocenters. The van der Waals surface area contributed by atoms with E-state index in [4.69, 9.17) is 5.73 Å². The second-order valence-electron chi connectivity index (χ2n) is 3.45. The Morgan fingerprint density at radius 1 is 1.55 bits per heavy atom. The molecule has 2 atom stereocenters. The van der Waals surface area contributed by atoms with E-state index in [1.165, 1.54) is 0 Å². The van der Waals surface area contributed by atoms with Crippen LogP contribution in [0.2, 0.25) is 0 Å². The normalized spacial score (nSPS) is 37.4. The molecule has 1 saturated carbocycles. The van der Waals surface area contributed by atoms with E-state index < -0.39 is 18.1 Å². The van der Waals surface area contributed by atoms with Gasteiger partial charge in [-0.05, 0) is 18.8 Å². The van der Waals surface area contributed by atoms with Gasteiger partial charge in [0.05, 0.1) is 0 Å². The van der Waals surface area contributed by atoms with E-state index in [2.05, 4.69) is 0 Å². The van der Waals surface area contributed by atoms with Crippen LogP contribution in [0.1, 0.15) is 26.2 Å². The SMILES string of the molecule is CC1CC1(N)CCC(F)(F)F. The lowest BCUT2D eigenvalue weighted by atomic mass is 10.1. The first-order chi connectivity index (χ1) is 4.83. The number of alkyl halides is 3. The molecule has 0 heterocycles. The second-order valence-corrected chi connectivity index (χ2v) is 3.45. The Bertz CT molecular complexity index is 154. The fraction of sp³-hybridized carbons (Fsp3) is 1.00. The minimum absolute atomic E-state index is 0.0810. The first kappa shape index (κ1) is 8.84. The molecule has 2 N–H and O–H groups in total. The summed E-state index contributed by atoms with van der Waals surface area (Å²) in [7, 11) is 0. The van der Waals surface area contributed by atoms with Gasteiger partial charge in [-0.3, -0.25) is 0 Å². The molecule has 4 heteroatoms. The largest absolute Gasteiger partial charge is 0.389 e. The minimum Gasteiger partial charge on any atom is -0.325 e. The van der Waals surface area contributed by atoms with Gasteiger partial charge in [0, 0.05) is 12.0 Å². The molecule has 0 amide bonds. The first-order valence-corrected chi connectivity index (χ1v) is 3.69. The topological polar surface area (TPSA) is 26.0 Å². The van der Waals surface area contributed by atoms with Gasteiger partial charge < -0.3 is 5.73 Å². The Morgan fingerprint density at radius 2 is 2.00 bits per heavy atom. The third-order valence-corrected chi connectivity index (χ3v) is 2.38. The van der Waals surface area contributed by atoms with Crippen molar-refractivity contribution in [3.63, 3.8) is 0 Å². The lowest BCUT2D eigenvalue weighted by Gasteiger charge is -2.11. The van der Waals surface area contributed by atoms with Gasteiger partial charge in [0.25, 0.3) is 0 Å². The predicted molar refractivity (Wildman–Crippen MR) is 36.0 cm³/mol. The van der Waals surface area contributed by atoms with E-state index in [1.807, 2.05) is 6.92 Å². The van der Waals surface area contributed by atoms with Gasteiger partial charge in [-0.1, -0.05) is 6.92 Å². The molecule has 11 heavy (non-hydrogen) atoms. The molecule has 0 radical (unpaired) electrons. The van der Waals surface area contributed by atoms with Crippen molar-refractivity contribution in [3.05, 3.63) is 0 Å². The van der Waals surface area contributed by atoms with Crippen molar-refractivity contribution in [1.82, 2.24) is 0 Å². The molecule has 0 spiro atoms. The molecular formula is C7H12F3N. The molecule has 0 aliphatic heterocycles. The zero-order valence-corrected chi connectivity index (χ0v) is 6.41. The summed E-state index contributed by atoms with van der Waals surface area (Å²) in [5, 5.41) is 0. The molecule has 1 aliphatic rings. The van der Waals surface area contributed by atoms with E-state index in [0.29, 0.717) is 0 Å². The van der Waals surface area contributed by atoms with Crippen molar-refractivity contribution in [1.29, 1.82) is 0 Å². The second kappa shape index (κ2) is 2.37. The molecule has 1 fully saturated rings. The van der Waals surface area contributed by atoms with Gasteiger partial charge in [-0.25, -0.2) is 0 Å². The molecule has 0 bridgehead atoms. The summed E-state index contributed by atoms with van der Waals surface area (Å²) in [6.07, 6.45) is -3.97. The van der Waals surface area contributed by atoms with Gasteiger partial charge in [0.2, 0.25) is 0 Å². The zero-order valence-electron chi connectivity index (χ0n) is 6.41. The summed E-state index contributed by atoms with van der Waals surface area (Å²) >= 11 is 0. The van der Waals surface area contributed by atoms with E-state index in [1.54, 1.807) is 0 Å². The maximum atomic E-state index is 11.7. The highest BCUT2D eigenvalue weighted by Crippen LogP contribution is 2.45. The fourth-order valence-corrected chi connectivity index (χ4v) is 1.23. The van der Waals surface area contributed by atoms with Crippen molar-refractivity contribution in [2.24, 2.45) is 11.7 Å². The molecule has 0 saturated heterocycles. The summed E-state index contributed by atoms with van der Waals surface area (Å²) in [6, 6.07) is 0. The number of nitrogens with two attached hydrogens (primary N) is 1. The molecule has 0 aromatic rings. The van der Waals surface area contributed by atoms with Crippen LogP contribution in [0.25, 0.3) is 0 Å². The van der Waals surface area contributed by atoms with Crippen LogP contribution in [0.15, 0.2) is 0 Å². The van der Waals surface area contributed by atoms with Gasteiger partial charge >= 0.3 is 6.18 Å². The highest BCUT2D eigenvalue weighted by atomic mass is 19.4. The first-order valence-electron chi connectivity index (χ1n) is 3.69. The van der Waals surface area contributed by atoms with E-state index in [0.717, 1.165) is 6.42 Å². The van der Waals surface area contributed by atoms with Crippen LogP contribution in [0.5, 0.6) is 0 Å². The summed E-state index contributed by atoms with van der Waals surface area (Å²) in [4.78, 5) is 0. The average molecular weight is 167 g/mol. The Morgan fingerprint density at radius 3 is 2.27 bits per heavy atom. The maximum absolute atomic E-state index is 11.7. The number of rotatable bonds is 2. The lowest BCUT2D eigenvalue weighted by molar-refractivity contribution is -0.136.